The quantitative estimate of drug-likeness (QED) is 0.801. The highest BCUT2D eigenvalue weighted by molar-refractivity contribution is 5.90. The Morgan fingerprint density at radius 1 is 1.24 bits per heavy atom. The van der Waals surface area contributed by atoms with E-state index in [2.05, 4.69) is 19.9 Å². The number of allylic oxidation sites excluding steroid dienone is 1. The summed E-state index contributed by atoms with van der Waals surface area (Å²) in [6, 6.07) is 6.19. The van der Waals surface area contributed by atoms with Crippen LogP contribution >= 0.6 is 0 Å². The van der Waals surface area contributed by atoms with Gasteiger partial charge in [0.15, 0.2) is 0 Å². The van der Waals surface area contributed by atoms with Gasteiger partial charge >= 0.3 is 5.97 Å². The van der Waals surface area contributed by atoms with E-state index in [0.717, 1.165) is 17.6 Å². The maximum absolute atomic E-state index is 10.9. The van der Waals surface area contributed by atoms with Crippen LogP contribution in [0.4, 0.5) is 0 Å². The van der Waals surface area contributed by atoms with Crippen molar-refractivity contribution in [2.24, 2.45) is 5.92 Å². The second-order valence-corrected chi connectivity index (χ2v) is 4.98. The third kappa shape index (κ3) is 4.43. The van der Waals surface area contributed by atoms with Crippen molar-refractivity contribution in [2.45, 2.75) is 34.1 Å². The van der Waals surface area contributed by atoms with E-state index in [9.17, 15) is 4.79 Å². The molecule has 0 bridgehead atoms. The molecule has 0 aliphatic carbocycles. The van der Waals surface area contributed by atoms with Crippen LogP contribution in [0.2, 0.25) is 0 Å². The number of aliphatic carboxylic acids is 1. The largest absolute Gasteiger partial charge is 0.478 e. The zero-order valence-corrected chi connectivity index (χ0v) is 10.9. The Labute approximate surface area is 103 Å². The first-order valence-corrected chi connectivity index (χ1v) is 5.90. The number of aryl methyl sites for hydroxylation is 2. The van der Waals surface area contributed by atoms with E-state index in [-0.39, 0.29) is 0 Å². The molecule has 0 saturated heterocycles. The predicted molar refractivity (Wildman–Crippen MR) is 71.0 cm³/mol. The van der Waals surface area contributed by atoms with Crippen LogP contribution in [0.1, 0.15) is 37.0 Å². The molecule has 1 N–H and O–H groups in total. The van der Waals surface area contributed by atoms with Crippen molar-refractivity contribution in [3.63, 3.8) is 0 Å². The highest BCUT2D eigenvalue weighted by Crippen LogP contribution is 2.24. The molecule has 0 radical (unpaired) electrons. The summed E-state index contributed by atoms with van der Waals surface area (Å²) in [5.41, 5.74) is 4.26. The number of carbonyl (C=O) groups is 1. The van der Waals surface area contributed by atoms with Crippen LogP contribution in [0.5, 0.6) is 0 Å². The summed E-state index contributed by atoms with van der Waals surface area (Å²) in [7, 11) is 0. The van der Waals surface area contributed by atoms with Crippen LogP contribution in [0, 0.1) is 19.8 Å². The van der Waals surface area contributed by atoms with E-state index in [1.807, 2.05) is 26.0 Å². The van der Waals surface area contributed by atoms with Crippen LogP contribution in [-0.4, -0.2) is 11.1 Å². The smallest absolute Gasteiger partial charge is 0.328 e. The van der Waals surface area contributed by atoms with Gasteiger partial charge in [-0.25, -0.2) is 4.79 Å². The first kappa shape index (κ1) is 13.5. The maximum atomic E-state index is 10.9. The lowest BCUT2D eigenvalue weighted by Gasteiger charge is -2.11. The Kier molecular flexibility index (Phi) is 4.50. The monoisotopic (exact) mass is 232 g/mol. The van der Waals surface area contributed by atoms with Gasteiger partial charge in [-0.2, -0.15) is 0 Å². The van der Waals surface area contributed by atoms with Gasteiger partial charge in [-0.1, -0.05) is 43.2 Å². The van der Waals surface area contributed by atoms with E-state index in [1.54, 1.807) is 0 Å². The Bertz CT molecular complexity index is 422. The molecule has 2 nitrogen and oxygen atoms in total. The van der Waals surface area contributed by atoms with Crippen LogP contribution < -0.4 is 0 Å². The second-order valence-electron chi connectivity index (χ2n) is 4.98. The van der Waals surface area contributed by atoms with Crippen molar-refractivity contribution in [2.75, 3.05) is 0 Å². The summed E-state index contributed by atoms with van der Waals surface area (Å²) < 4.78 is 0. The number of carboxylic acids is 1. The van der Waals surface area contributed by atoms with Crippen molar-refractivity contribution in [1.29, 1.82) is 0 Å². The number of carboxylic acid groups (broad SMARTS) is 1. The summed E-state index contributed by atoms with van der Waals surface area (Å²) in [6.45, 7) is 8.26. The van der Waals surface area contributed by atoms with E-state index < -0.39 is 5.97 Å². The Balaban J connectivity index is 3.17. The lowest BCUT2D eigenvalue weighted by atomic mass is 9.94. The Morgan fingerprint density at radius 3 is 2.18 bits per heavy atom. The molecule has 1 aromatic carbocycles. The fraction of sp³-hybridized carbons (Fsp3) is 0.400. The SMILES string of the molecule is Cc1cc(C)cc(/C(=C/C(=O)O)CC(C)C)c1. The molecule has 0 spiro atoms. The molecule has 0 unspecified atom stereocenters. The Morgan fingerprint density at radius 2 is 1.76 bits per heavy atom. The summed E-state index contributed by atoms with van der Waals surface area (Å²) in [4.78, 5) is 10.9. The zero-order chi connectivity index (χ0) is 13.0. The first-order valence-electron chi connectivity index (χ1n) is 5.90. The molecular formula is C15H20O2. The van der Waals surface area contributed by atoms with Crippen molar-refractivity contribution in [1.82, 2.24) is 0 Å². The number of hydrogen-bond donors (Lipinski definition) is 1. The zero-order valence-electron chi connectivity index (χ0n) is 10.9. The van der Waals surface area contributed by atoms with Gasteiger partial charge in [0, 0.05) is 6.08 Å². The van der Waals surface area contributed by atoms with Gasteiger partial charge in [0.1, 0.15) is 0 Å². The highest BCUT2D eigenvalue weighted by Gasteiger charge is 2.08. The fourth-order valence-corrected chi connectivity index (χ4v) is 2.01. The van der Waals surface area contributed by atoms with E-state index in [0.29, 0.717) is 5.92 Å². The minimum absolute atomic E-state index is 0.446. The molecule has 0 saturated carbocycles. The first-order chi connectivity index (χ1) is 7.88. The van der Waals surface area contributed by atoms with Crippen molar-refractivity contribution >= 4 is 11.5 Å². The van der Waals surface area contributed by atoms with E-state index >= 15 is 0 Å². The third-order valence-corrected chi connectivity index (χ3v) is 2.52. The standard InChI is InChI=1S/C15H20O2/c1-10(2)5-13(9-15(16)17)14-7-11(3)6-12(4)8-14/h6-10H,5H2,1-4H3,(H,16,17)/b13-9+. The van der Waals surface area contributed by atoms with Gasteiger partial charge in [0.05, 0.1) is 0 Å². The number of hydrogen-bond acceptors (Lipinski definition) is 1. The van der Waals surface area contributed by atoms with Gasteiger partial charge in [-0.15, -0.1) is 0 Å². The molecule has 0 amide bonds. The summed E-state index contributed by atoms with van der Waals surface area (Å²) in [5, 5.41) is 8.92. The lowest BCUT2D eigenvalue weighted by Crippen LogP contribution is -1.97. The molecule has 0 atom stereocenters. The average Bonchev–Trinajstić information content (AvgIpc) is 2.13. The van der Waals surface area contributed by atoms with Gasteiger partial charge in [-0.05, 0) is 37.3 Å². The topological polar surface area (TPSA) is 37.3 Å². The molecule has 17 heavy (non-hydrogen) atoms. The molecule has 0 aliphatic heterocycles. The van der Waals surface area contributed by atoms with E-state index in [1.165, 1.54) is 17.2 Å². The minimum Gasteiger partial charge on any atom is -0.478 e. The van der Waals surface area contributed by atoms with Gasteiger partial charge in [0.25, 0.3) is 0 Å². The average molecular weight is 232 g/mol. The molecule has 1 aromatic rings. The van der Waals surface area contributed by atoms with Crippen molar-refractivity contribution < 1.29 is 9.90 Å². The lowest BCUT2D eigenvalue weighted by molar-refractivity contribution is -0.131. The Hall–Kier alpha value is -1.57. The van der Waals surface area contributed by atoms with Crippen LogP contribution in [0.25, 0.3) is 5.57 Å². The molecule has 1 rings (SSSR count). The van der Waals surface area contributed by atoms with Crippen LogP contribution in [-0.2, 0) is 4.79 Å². The van der Waals surface area contributed by atoms with Gasteiger partial charge in [-0.3, -0.25) is 0 Å². The summed E-state index contributed by atoms with van der Waals surface area (Å²) in [6.07, 6.45) is 2.11. The molecule has 0 aliphatic rings. The summed E-state index contributed by atoms with van der Waals surface area (Å²) >= 11 is 0. The van der Waals surface area contributed by atoms with Crippen molar-refractivity contribution in [3.05, 3.63) is 41.0 Å². The molecule has 0 fully saturated rings. The highest BCUT2D eigenvalue weighted by atomic mass is 16.4. The third-order valence-electron chi connectivity index (χ3n) is 2.52. The summed E-state index contributed by atoms with van der Waals surface area (Å²) in [5.74, 6) is -0.429. The number of rotatable bonds is 4. The second kappa shape index (κ2) is 5.67. The van der Waals surface area contributed by atoms with Gasteiger partial charge in [0.2, 0.25) is 0 Å². The molecule has 0 aromatic heterocycles. The molecule has 2 heteroatoms. The minimum atomic E-state index is -0.875. The van der Waals surface area contributed by atoms with Crippen LogP contribution in [0.15, 0.2) is 24.3 Å². The molecule has 92 valence electrons. The predicted octanol–water partition coefficient (Wildman–Crippen LogP) is 3.82. The van der Waals surface area contributed by atoms with Crippen molar-refractivity contribution in [3.8, 4) is 0 Å². The van der Waals surface area contributed by atoms with Gasteiger partial charge < -0.3 is 5.11 Å². The van der Waals surface area contributed by atoms with E-state index in [4.69, 9.17) is 5.11 Å². The number of benzene rings is 1. The fourth-order valence-electron chi connectivity index (χ4n) is 2.01. The molecule has 0 heterocycles. The normalized spacial score (nSPS) is 11.9. The maximum Gasteiger partial charge on any atom is 0.328 e. The van der Waals surface area contributed by atoms with Crippen LogP contribution in [0.3, 0.4) is 0 Å². The molecular weight excluding hydrogens is 212 g/mol.